The number of carbonyl (C=O) groups excluding carboxylic acids is 1. The molecule has 2 unspecified atom stereocenters. The smallest absolute Gasteiger partial charge is 0.290 e. The van der Waals surface area contributed by atoms with Crippen LogP contribution in [0.25, 0.3) is 16.8 Å². The van der Waals surface area contributed by atoms with Gasteiger partial charge < -0.3 is 5.32 Å². The summed E-state index contributed by atoms with van der Waals surface area (Å²) in [5.74, 6) is -0.0892. The average molecular weight is 777 g/mol. The molecular formula is C35H31ClF6N8O2S. The second-order valence-corrected chi connectivity index (χ2v) is 14.9. The highest BCUT2D eigenvalue weighted by molar-refractivity contribution is 7.85. The SMILES string of the molecule is CS(=O)Nc1nnc2c(-c3ccc(C#CC(C)(C)C)nc3C(Cc3cc(F)cc(F)c3)NC(=O)Cn3nc(C(F)F)c4c3C(F)(F)CC4)ccc(Cl)n12. The maximum atomic E-state index is 14.9. The largest absolute Gasteiger partial charge is 0.346 e. The van der Waals surface area contributed by atoms with Gasteiger partial charge in [-0.25, -0.2) is 31.2 Å². The number of hydrogen-bond donors (Lipinski definition) is 2. The Bertz CT molecular complexity index is 2310. The van der Waals surface area contributed by atoms with E-state index < -0.39 is 76.7 Å². The number of alkyl halides is 4. The Morgan fingerprint density at radius 1 is 1.06 bits per heavy atom. The fourth-order valence-corrected chi connectivity index (χ4v) is 6.69. The number of hydrogen-bond acceptors (Lipinski definition) is 6. The first kappa shape index (κ1) is 37.8. The molecule has 53 heavy (non-hydrogen) atoms. The maximum absolute atomic E-state index is 14.9. The van der Waals surface area contributed by atoms with Gasteiger partial charge in [-0.2, -0.15) is 13.9 Å². The summed E-state index contributed by atoms with van der Waals surface area (Å²) < 4.78 is 103. The second-order valence-electron chi connectivity index (χ2n) is 13.4. The first-order valence-corrected chi connectivity index (χ1v) is 18.0. The molecule has 278 valence electrons. The molecule has 0 spiro atoms. The Labute approximate surface area is 306 Å². The number of aromatic nitrogens is 6. The number of nitrogens with zero attached hydrogens (tertiary/aromatic N) is 6. The van der Waals surface area contributed by atoms with Gasteiger partial charge >= 0.3 is 0 Å². The summed E-state index contributed by atoms with van der Waals surface area (Å²) in [6.07, 6.45) is -3.09. The van der Waals surface area contributed by atoms with E-state index in [-0.39, 0.29) is 52.1 Å². The lowest BCUT2D eigenvalue weighted by molar-refractivity contribution is -0.122. The third-order valence-corrected chi connectivity index (χ3v) is 8.93. The molecule has 2 atom stereocenters. The summed E-state index contributed by atoms with van der Waals surface area (Å²) in [4.78, 5) is 18.5. The highest BCUT2D eigenvalue weighted by atomic mass is 35.5. The molecule has 1 amide bonds. The van der Waals surface area contributed by atoms with Crippen molar-refractivity contribution < 1.29 is 35.3 Å². The first-order chi connectivity index (χ1) is 24.9. The fraction of sp³-hybridized carbons (Fsp3) is 0.343. The standard InChI is InChI=1S/C35H31ClF6N8O2S/c1-34(2,3)11-9-21-5-6-22(23-7-8-26(36)50-32(23)45-46-33(50)48-53(4)52)28(43-21)25(15-18-13-19(37)16-20(38)14-18)44-27(51)17-49-30-24(10-12-35(30,41)42)29(47-49)31(39)40/h5-8,13-14,16,25,31H,10,12,15,17H2,1-4H3,(H,44,51)(H,46,48). The van der Waals surface area contributed by atoms with Gasteiger partial charge in [-0.05, 0) is 81.5 Å². The molecule has 5 aromatic rings. The van der Waals surface area contributed by atoms with E-state index in [2.05, 4.69) is 37.2 Å². The van der Waals surface area contributed by atoms with Crippen LogP contribution >= 0.6 is 11.6 Å². The van der Waals surface area contributed by atoms with Crippen molar-refractivity contribution in [3.63, 3.8) is 0 Å². The van der Waals surface area contributed by atoms with Gasteiger partial charge in [0.25, 0.3) is 12.3 Å². The lowest BCUT2D eigenvalue weighted by atomic mass is 9.94. The number of fused-ring (bicyclic) bond motifs is 2. The maximum Gasteiger partial charge on any atom is 0.290 e. The van der Waals surface area contributed by atoms with Gasteiger partial charge in [-0.3, -0.25) is 14.2 Å². The van der Waals surface area contributed by atoms with Crippen molar-refractivity contribution in [1.82, 2.24) is 34.7 Å². The molecule has 1 aromatic carbocycles. The van der Waals surface area contributed by atoms with Crippen LogP contribution in [0.1, 0.15) is 73.6 Å². The Morgan fingerprint density at radius 3 is 2.42 bits per heavy atom. The number of anilines is 1. The normalized spacial score (nSPS) is 14.9. The lowest BCUT2D eigenvalue weighted by Crippen LogP contribution is -2.35. The van der Waals surface area contributed by atoms with E-state index in [1.165, 1.54) is 16.7 Å². The molecule has 2 N–H and O–H groups in total. The summed E-state index contributed by atoms with van der Waals surface area (Å²) in [5, 5.41) is 14.9. The van der Waals surface area contributed by atoms with Crippen molar-refractivity contribution in [2.75, 3.05) is 11.0 Å². The molecule has 0 bridgehead atoms. The van der Waals surface area contributed by atoms with Crippen LogP contribution < -0.4 is 10.0 Å². The number of rotatable bonds is 10. The Balaban J connectivity index is 1.51. The van der Waals surface area contributed by atoms with Crippen LogP contribution in [-0.4, -0.2) is 45.7 Å². The van der Waals surface area contributed by atoms with Gasteiger partial charge in [-0.15, -0.1) is 10.2 Å². The zero-order valence-corrected chi connectivity index (χ0v) is 30.2. The fourth-order valence-electron chi connectivity index (χ4n) is 6.08. The average Bonchev–Trinajstić information content (AvgIpc) is 3.73. The van der Waals surface area contributed by atoms with E-state index in [1.807, 2.05) is 20.8 Å². The van der Waals surface area contributed by atoms with Crippen molar-refractivity contribution in [2.24, 2.45) is 5.41 Å². The number of benzene rings is 1. The molecule has 10 nitrogen and oxygen atoms in total. The van der Waals surface area contributed by atoms with Crippen LogP contribution in [0.15, 0.2) is 42.5 Å². The van der Waals surface area contributed by atoms with Gasteiger partial charge in [0.15, 0.2) is 5.65 Å². The van der Waals surface area contributed by atoms with E-state index in [0.29, 0.717) is 21.9 Å². The Morgan fingerprint density at radius 2 is 1.75 bits per heavy atom. The third kappa shape index (κ3) is 8.18. The van der Waals surface area contributed by atoms with E-state index in [9.17, 15) is 35.3 Å². The zero-order chi connectivity index (χ0) is 38.4. The topological polar surface area (TPSA) is 119 Å². The molecule has 4 heterocycles. The molecule has 0 radical (unpaired) electrons. The van der Waals surface area contributed by atoms with Crippen molar-refractivity contribution >= 4 is 40.1 Å². The van der Waals surface area contributed by atoms with E-state index >= 15 is 0 Å². The minimum atomic E-state index is -3.50. The number of carbonyl (C=O) groups is 1. The van der Waals surface area contributed by atoms with Crippen molar-refractivity contribution in [3.05, 3.63) is 93.2 Å². The summed E-state index contributed by atoms with van der Waals surface area (Å²) in [5.41, 5.74) is -0.995. The van der Waals surface area contributed by atoms with E-state index in [4.69, 9.17) is 16.6 Å². The molecule has 0 aliphatic heterocycles. The van der Waals surface area contributed by atoms with Crippen molar-refractivity contribution in [3.8, 4) is 23.0 Å². The highest BCUT2D eigenvalue weighted by Crippen LogP contribution is 2.45. The predicted molar refractivity (Wildman–Crippen MR) is 186 cm³/mol. The Hall–Kier alpha value is -4.95. The predicted octanol–water partition coefficient (Wildman–Crippen LogP) is 7.10. The minimum Gasteiger partial charge on any atom is -0.346 e. The van der Waals surface area contributed by atoms with Crippen LogP contribution in [0.2, 0.25) is 5.15 Å². The summed E-state index contributed by atoms with van der Waals surface area (Å²) >= 11 is 6.50. The summed E-state index contributed by atoms with van der Waals surface area (Å²) in [7, 11) is -1.56. The molecule has 0 fully saturated rings. The lowest BCUT2D eigenvalue weighted by Gasteiger charge is -2.23. The molecule has 1 aliphatic carbocycles. The monoisotopic (exact) mass is 776 g/mol. The van der Waals surface area contributed by atoms with Crippen LogP contribution in [0.4, 0.5) is 32.3 Å². The molecular weight excluding hydrogens is 746 g/mol. The third-order valence-electron chi connectivity index (χ3n) is 8.17. The highest BCUT2D eigenvalue weighted by Gasteiger charge is 2.46. The van der Waals surface area contributed by atoms with Gasteiger partial charge in [0.05, 0.1) is 11.7 Å². The van der Waals surface area contributed by atoms with Crippen LogP contribution in [0, 0.1) is 28.9 Å². The van der Waals surface area contributed by atoms with Crippen molar-refractivity contribution in [1.29, 1.82) is 0 Å². The first-order valence-electron chi connectivity index (χ1n) is 16.1. The van der Waals surface area contributed by atoms with Gasteiger partial charge in [0.1, 0.15) is 51.4 Å². The van der Waals surface area contributed by atoms with Crippen LogP contribution in [-0.2, 0) is 41.1 Å². The van der Waals surface area contributed by atoms with Gasteiger partial charge in [0, 0.05) is 40.8 Å². The molecule has 4 aromatic heterocycles. The number of nitrogens with one attached hydrogen (secondary N) is 2. The number of halogens is 7. The number of pyridine rings is 2. The number of amides is 1. The van der Waals surface area contributed by atoms with E-state index in [0.717, 1.165) is 12.1 Å². The van der Waals surface area contributed by atoms with Crippen LogP contribution in [0.5, 0.6) is 0 Å². The molecule has 0 saturated carbocycles. The molecule has 0 saturated heterocycles. The summed E-state index contributed by atoms with van der Waals surface area (Å²) in [6, 6.07) is 7.93. The summed E-state index contributed by atoms with van der Waals surface area (Å²) in [6.45, 7) is 4.78. The molecule has 6 rings (SSSR count). The molecule has 1 aliphatic rings. The van der Waals surface area contributed by atoms with E-state index in [1.54, 1.807) is 18.2 Å². The Kier molecular flexibility index (Phi) is 10.3. The molecule has 18 heteroatoms. The minimum absolute atomic E-state index is 0.0571. The van der Waals surface area contributed by atoms with Gasteiger partial charge in [0.2, 0.25) is 11.9 Å². The quantitative estimate of drug-likeness (QED) is 0.0888. The second kappa shape index (κ2) is 14.5. The van der Waals surface area contributed by atoms with Gasteiger partial charge in [-0.1, -0.05) is 17.5 Å². The zero-order valence-electron chi connectivity index (χ0n) is 28.6. The van der Waals surface area contributed by atoms with Crippen LogP contribution in [0.3, 0.4) is 0 Å². The van der Waals surface area contributed by atoms with Crippen molar-refractivity contribution in [2.45, 2.75) is 65.0 Å².